The number of hydrogen-bond donors (Lipinski definition) is 1. The zero-order valence-corrected chi connectivity index (χ0v) is 19.6. The SMILES string of the molecule is Cc1ccc(OC2(C)CC[C@H]3[C@@H]4CCC5NC(=O)CC[C@]5(C)[C@@H]4CC[C@@]32C)cc1Cl. The molecule has 4 aliphatic rings. The fourth-order valence-electron chi connectivity index (χ4n) is 7.99. The fourth-order valence-corrected chi connectivity index (χ4v) is 8.16. The predicted octanol–water partition coefficient (Wildman–Crippen LogP) is 6.31. The zero-order valence-electron chi connectivity index (χ0n) is 18.9. The molecule has 4 fully saturated rings. The molecule has 0 bridgehead atoms. The van der Waals surface area contributed by atoms with E-state index in [1.165, 1.54) is 25.7 Å². The quantitative estimate of drug-likeness (QED) is 0.598. The van der Waals surface area contributed by atoms with Gasteiger partial charge in [-0.3, -0.25) is 4.79 Å². The molecular formula is C26H36ClNO2. The van der Waals surface area contributed by atoms with Gasteiger partial charge in [0, 0.05) is 22.9 Å². The number of carbonyl (C=O) groups is 1. The Balaban J connectivity index is 1.41. The number of benzene rings is 1. The molecule has 5 rings (SSSR count). The van der Waals surface area contributed by atoms with Crippen molar-refractivity contribution in [3.05, 3.63) is 28.8 Å². The smallest absolute Gasteiger partial charge is 0.220 e. The van der Waals surface area contributed by atoms with Crippen molar-refractivity contribution in [3.8, 4) is 5.75 Å². The second-order valence-electron chi connectivity index (χ2n) is 11.3. The number of nitrogens with one attached hydrogen (secondary N) is 1. The number of aryl methyl sites for hydroxylation is 1. The van der Waals surface area contributed by atoms with Crippen LogP contribution in [0.1, 0.15) is 77.7 Å². The molecule has 3 nitrogen and oxygen atoms in total. The van der Waals surface area contributed by atoms with Crippen LogP contribution in [0.15, 0.2) is 18.2 Å². The maximum absolute atomic E-state index is 12.0. The third kappa shape index (κ3) is 2.87. The molecule has 1 aromatic carbocycles. The maximum atomic E-state index is 12.0. The molecular weight excluding hydrogens is 394 g/mol. The van der Waals surface area contributed by atoms with E-state index in [9.17, 15) is 4.79 Å². The highest BCUT2D eigenvalue weighted by Crippen LogP contribution is 2.67. The first-order chi connectivity index (χ1) is 14.2. The highest BCUT2D eigenvalue weighted by atomic mass is 35.5. The fraction of sp³-hybridized carbons (Fsp3) is 0.731. The summed E-state index contributed by atoms with van der Waals surface area (Å²) in [5.41, 5.74) is 1.39. The van der Waals surface area contributed by atoms with Gasteiger partial charge in [-0.15, -0.1) is 0 Å². The van der Waals surface area contributed by atoms with Crippen molar-refractivity contribution in [2.45, 2.75) is 90.7 Å². The average molecular weight is 430 g/mol. The number of ether oxygens (including phenoxy) is 1. The van der Waals surface area contributed by atoms with E-state index in [0.717, 1.165) is 47.4 Å². The average Bonchev–Trinajstić information content (AvgIpc) is 2.96. The van der Waals surface area contributed by atoms with Gasteiger partial charge in [-0.25, -0.2) is 0 Å². The summed E-state index contributed by atoms with van der Waals surface area (Å²) < 4.78 is 6.76. The van der Waals surface area contributed by atoms with Crippen molar-refractivity contribution >= 4 is 17.5 Å². The standard InChI is InChI=1S/C26H36ClNO2/c1-16-5-6-17(15-21(16)27)30-26(4)14-10-20-18-7-8-22-24(2,12-11-23(29)28-22)19(18)9-13-25(20,26)3/h5-6,15,18-20,22H,7-14H2,1-4H3,(H,28,29)/t18-,19-,20+,22?,24-,25+,26?/m1/s1. The van der Waals surface area contributed by atoms with E-state index in [1.54, 1.807) is 0 Å². The van der Waals surface area contributed by atoms with Crippen molar-refractivity contribution < 1.29 is 9.53 Å². The van der Waals surface area contributed by atoms with Crippen LogP contribution in [0.5, 0.6) is 5.75 Å². The van der Waals surface area contributed by atoms with Crippen molar-refractivity contribution in [2.24, 2.45) is 28.6 Å². The number of carbonyl (C=O) groups excluding carboxylic acids is 1. The molecule has 0 spiro atoms. The summed E-state index contributed by atoms with van der Waals surface area (Å²) in [6, 6.07) is 6.50. The summed E-state index contributed by atoms with van der Waals surface area (Å²) >= 11 is 6.39. The molecule has 1 amide bonds. The molecule has 2 unspecified atom stereocenters. The van der Waals surface area contributed by atoms with E-state index in [1.807, 2.05) is 13.0 Å². The minimum Gasteiger partial charge on any atom is -0.487 e. The number of halogens is 1. The van der Waals surface area contributed by atoms with Gasteiger partial charge in [-0.05, 0) is 99.7 Å². The molecule has 3 saturated carbocycles. The van der Waals surface area contributed by atoms with Crippen LogP contribution in [-0.2, 0) is 4.79 Å². The Morgan fingerprint density at radius 2 is 1.80 bits per heavy atom. The first-order valence-electron chi connectivity index (χ1n) is 11.9. The van der Waals surface area contributed by atoms with Gasteiger partial charge in [0.05, 0.1) is 0 Å². The lowest BCUT2D eigenvalue weighted by Crippen LogP contribution is -2.62. The lowest BCUT2D eigenvalue weighted by atomic mass is 9.46. The maximum Gasteiger partial charge on any atom is 0.220 e. The topological polar surface area (TPSA) is 38.3 Å². The summed E-state index contributed by atoms with van der Waals surface area (Å²) in [6.07, 6.45) is 8.98. The Labute approximate surface area is 186 Å². The molecule has 0 radical (unpaired) electrons. The first kappa shape index (κ1) is 20.7. The van der Waals surface area contributed by atoms with Gasteiger partial charge in [0.2, 0.25) is 5.91 Å². The predicted molar refractivity (Wildman–Crippen MR) is 121 cm³/mol. The van der Waals surface area contributed by atoms with E-state index in [-0.39, 0.29) is 22.3 Å². The van der Waals surface area contributed by atoms with Crippen molar-refractivity contribution in [2.75, 3.05) is 0 Å². The number of hydrogen-bond acceptors (Lipinski definition) is 2. The molecule has 1 N–H and O–H groups in total. The molecule has 1 aliphatic heterocycles. The van der Waals surface area contributed by atoms with Crippen LogP contribution in [-0.4, -0.2) is 17.6 Å². The first-order valence-corrected chi connectivity index (χ1v) is 12.3. The Morgan fingerprint density at radius 1 is 1.03 bits per heavy atom. The summed E-state index contributed by atoms with van der Waals surface area (Å²) in [6.45, 7) is 9.34. The molecule has 30 heavy (non-hydrogen) atoms. The minimum atomic E-state index is -0.153. The van der Waals surface area contributed by atoms with Crippen LogP contribution in [0.25, 0.3) is 0 Å². The van der Waals surface area contributed by atoms with Crippen LogP contribution in [0.4, 0.5) is 0 Å². The third-order valence-corrected chi connectivity index (χ3v) is 10.5. The van der Waals surface area contributed by atoms with Crippen LogP contribution >= 0.6 is 11.6 Å². The molecule has 0 aromatic heterocycles. The lowest BCUT2D eigenvalue weighted by Gasteiger charge is -2.61. The van der Waals surface area contributed by atoms with E-state index < -0.39 is 0 Å². The number of rotatable bonds is 2. The van der Waals surface area contributed by atoms with Crippen LogP contribution in [0.2, 0.25) is 5.02 Å². The largest absolute Gasteiger partial charge is 0.487 e. The van der Waals surface area contributed by atoms with Gasteiger partial charge in [-0.1, -0.05) is 31.5 Å². The van der Waals surface area contributed by atoms with E-state index in [0.29, 0.717) is 18.4 Å². The van der Waals surface area contributed by atoms with Gasteiger partial charge in [0.25, 0.3) is 0 Å². The highest BCUT2D eigenvalue weighted by Gasteiger charge is 2.64. The van der Waals surface area contributed by atoms with Gasteiger partial charge in [0.1, 0.15) is 11.4 Å². The van der Waals surface area contributed by atoms with Crippen LogP contribution in [0.3, 0.4) is 0 Å². The van der Waals surface area contributed by atoms with Gasteiger partial charge >= 0.3 is 0 Å². The highest BCUT2D eigenvalue weighted by molar-refractivity contribution is 6.31. The monoisotopic (exact) mass is 429 g/mol. The molecule has 4 heteroatoms. The third-order valence-electron chi connectivity index (χ3n) is 10.1. The molecule has 1 heterocycles. The molecule has 1 saturated heterocycles. The van der Waals surface area contributed by atoms with Crippen molar-refractivity contribution in [1.82, 2.24) is 5.32 Å². The number of fused-ring (bicyclic) bond motifs is 5. The van der Waals surface area contributed by atoms with E-state index >= 15 is 0 Å². The Morgan fingerprint density at radius 3 is 2.57 bits per heavy atom. The second-order valence-corrected chi connectivity index (χ2v) is 11.7. The lowest BCUT2D eigenvalue weighted by molar-refractivity contribution is -0.144. The van der Waals surface area contributed by atoms with Gasteiger partial charge in [-0.2, -0.15) is 0 Å². The van der Waals surface area contributed by atoms with Crippen LogP contribution in [0, 0.1) is 35.5 Å². The Kier molecular flexibility index (Phi) is 4.75. The number of piperidine rings is 1. The van der Waals surface area contributed by atoms with Gasteiger partial charge in [0.15, 0.2) is 0 Å². The summed E-state index contributed by atoms with van der Waals surface area (Å²) in [4.78, 5) is 12.0. The Hall–Kier alpha value is -1.22. The van der Waals surface area contributed by atoms with Crippen molar-refractivity contribution in [1.29, 1.82) is 0 Å². The summed E-state index contributed by atoms with van der Waals surface area (Å²) in [5.74, 6) is 3.36. The molecule has 3 aliphatic carbocycles. The van der Waals surface area contributed by atoms with Gasteiger partial charge < -0.3 is 10.1 Å². The molecule has 7 atom stereocenters. The molecule has 1 aromatic rings. The minimum absolute atomic E-state index is 0.153. The van der Waals surface area contributed by atoms with E-state index in [2.05, 4.69) is 38.2 Å². The second kappa shape index (κ2) is 6.89. The number of amides is 1. The van der Waals surface area contributed by atoms with E-state index in [4.69, 9.17) is 16.3 Å². The Bertz CT molecular complexity index is 871. The molecule has 164 valence electrons. The zero-order chi connectivity index (χ0) is 21.3. The summed E-state index contributed by atoms with van der Waals surface area (Å²) in [5, 5.41) is 4.13. The summed E-state index contributed by atoms with van der Waals surface area (Å²) in [7, 11) is 0. The normalized spacial score (nSPS) is 45.2. The van der Waals surface area contributed by atoms with Crippen LogP contribution < -0.4 is 10.1 Å². The van der Waals surface area contributed by atoms with Crippen molar-refractivity contribution in [3.63, 3.8) is 0 Å².